The average molecular weight is 219 g/mol. The molecule has 0 N–H and O–H groups in total. The summed E-state index contributed by atoms with van der Waals surface area (Å²) in [5.41, 5.74) is 0. The zero-order chi connectivity index (χ0) is 9.61. The first-order valence-electron chi connectivity index (χ1n) is 4.08. The Morgan fingerprint density at radius 3 is 2.42 bits per heavy atom. The number of hydrogen-bond donors (Lipinski definition) is 0. The third-order valence-electron chi connectivity index (χ3n) is 1.53. The lowest BCUT2D eigenvalue weighted by Crippen LogP contribution is -2.02. The van der Waals surface area contributed by atoms with Gasteiger partial charge in [-0.15, -0.1) is 11.6 Å². The Hall–Kier alpha value is 0.380. The van der Waals surface area contributed by atoms with E-state index < -0.39 is 19.3 Å². The monoisotopic (exact) mass is 218 g/mol. The van der Waals surface area contributed by atoms with Crippen LogP contribution in [0.5, 0.6) is 0 Å². The predicted octanol–water partition coefficient (Wildman–Crippen LogP) is 4.31. The van der Waals surface area contributed by atoms with Gasteiger partial charge in [0.05, 0.1) is 6.16 Å². The van der Waals surface area contributed by atoms with Crippen LogP contribution < -0.4 is 0 Å². The highest BCUT2D eigenvalue weighted by atomic mass is 35.5. The summed E-state index contributed by atoms with van der Waals surface area (Å²) in [6.07, 6.45) is 2.76. The van der Waals surface area contributed by atoms with Gasteiger partial charge in [-0.2, -0.15) is 8.39 Å². The van der Waals surface area contributed by atoms with E-state index in [2.05, 4.69) is 0 Å². The molecule has 0 bridgehead atoms. The summed E-state index contributed by atoms with van der Waals surface area (Å²) in [5, 5.41) is -0.627. The summed E-state index contributed by atoms with van der Waals surface area (Å²) in [7, 11) is -4.90. The largest absolute Gasteiger partial charge is 0.404 e. The summed E-state index contributed by atoms with van der Waals surface area (Å²) < 4.78 is 33.9. The van der Waals surface area contributed by atoms with Crippen LogP contribution in [0.2, 0.25) is 0 Å². The zero-order valence-electron chi connectivity index (χ0n) is 7.10. The predicted molar refractivity (Wildman–Crippen MR) is 48.5 cm³/mol. The lowest BCUT2D eigenvalue weighted by Gasteiger charge is -2.06. The molecule has 0 aliphatic heterocycles. The number of halogens is 3. The molecule has 0 aliphatic rings. The molecule has 0 fully saturated rings. The molecule has 0 aromatic rings. The van der Waals surface area contributed by atoms with E-state index in [4.69, 9.17) is 11.6 Å². The van der Waals surface area contributed by atoms with Crippen molar-refractivity contribution in [1.82, 2.24) is 0 Å². The van der Waals surface area contributed by atoms with Crippen molar-refractivity contribution in [1.29, 1.82) is 0 Å². The molecule has 0 radical (unpaired) electrons. The minimum atomic E-state index is -4.90. The second-order valence-electron chi connectivity index (χ2n) is 2.85. The van der Waals surface area contributed by atoms with Crippen molar-refractivity contribution in [2.45, 2.75) is 38.0 Å². The molecule has 1 unspecified atom stereocenters. The molecule has 0 saturated heterocycles. The number of rotatable bonds is 6. The highest BCUT2D eigenvalue weighted by molar-refractivity contribution is 7.53. The fourth-order valence-corrected chi connectivity index (χ4v) is 2.22. The summed E-state index contributed by atoms with van der Waals surface area (Å²) in [5.74, 6) is 0. The quantitative estimate of drug-likeness (QED) is 0.369. The Balaban J connectivity index is 3.46. The lowest BCUT2D eigenvalue weighted by molar-refractivity contribution is 0.490. The maximum Gasteiger partial charge on any atom is 0.404 e. The average Bonchev–Trinajstić information content (AvgIpc) is 1.84. The van der Waals surface area contributed by atoms with Crippen LogP contribution in [0, 0.1) is 0 Å². The molecule has 0 aromatic carbocycles. The van der Waals surface area contributed by atoms with Gasteiger partial charge in [-0.05, 0) is 6.42 Å². The molecule has 5 heteroatoms. The third kappa shape index (κ3) is 8.48. The van der Waals surface area contributed by atoms with Gasteiger partial charge in [0.1, 0.15) is 0 Å². The summed E-state index contributed by atoms with van der Waals surface area (Å²) in [4.78, 5) is 0. The third-order valence-corrected chi connectivity index (χ3v) is 2.99. The Labute approximate surface area is 77.1 Å². The van der Waals surface area contributed by atoms with Gasteiger partial charge in [-0.3, -0.25) is 4.57 Å². The van der Waals surface area contributed by atoms with Crippen molar-refractivity contribution in [3.05, 3.63) is 0 Å². The van der Waals surface area contributed by atoms with Crippen molar-refractivity contribution in [3.8, 4) is 0 Å². The van der Waals surface area contributed by atoms with Gasteiger partial charge in [0.15, 0.2) is 0 Å². The van der Waals surface area contributed by atoms with Gasteiger partial charge in [0.25, 0.3) is 0 Å². The van der Waals surface area contributed by atoms with Crippen LogP contribution in [-0.2, 0) is 4.57 Å². The topological polar surface area (TPSA) is 17.1 Å². The Kier molecular flexibility index (Phi) is 6.12. The van der Waals surface area contributed by atoms with E-state index in [9.17, 15) is 13.0 Å². The fraction of sp³-hybridized carbons (Fsp3) is 1.00. The maximum absolute atomic E-state index is 12.0. The molecular weight excluding hydrogens is 204 g/mol. The molecule has 0 rings (SSSR count). The molecule has 12 heavy (non-hydrogen) atoms. The molecule has 0 heterocycles. The van der Waals surface area contributed by atoms with E-state index in [1.54, 1.807) is 0 Å². The minimum absolute atomic E-state index is 0.535. The normalized spacial score (nSPS) is 14.7. The first kappa shape index (κ1) is 12.4. The van der Waals surface area contributed by atoms with Gasteiger partial charge in [-0.25, -0.2) is 0 Å². The van der Waals surface area contributed by atoms with Gasteiger partial charge < -0.3 is 0 Å². The second-order valence-corrected chi connectivity index (χ2v) is 4.97. The number of alkyl halides is 1. The summed E-state index contributed by atoms with van der Waals surface area (Å²) >= 11 is 5.55. The Morgan fingerprint density at radius 2 is 2.00 bits per heavy atom. The smallest absolute Gasteiger partial charge is 0.250 e. The maximum atomic E-state index is 12.0. The van der Waals surface area contributed by atoms with Crippen molar-refractivity contribution in [3.63, 3.8) is 0 Å². The fourth-order valence-electron chi connectivity index (χ4n) is 0.938. The van der Waals surface area contributed by atoms with E-state index in [1.807, 2.05) is 6.92 Å². The van der Waals surface area contributed by atoms with Crippen molar-refractivity contribution in [2.24, 2.45) is 0 Å². The van der Waals surface area contributed by atoms with Gasteiger partial charge in [-0.1, -0.05) is 26.2 Å². The van der Waals surface area contributed by atoms with Gasteiger partial charge >= 0.3 is 7.76 Å². The van der Waals surface area contributed by atoms with Crippen molar-refractivity contribution in [2.75, 3.05) is 6.16 Å². The molecule has 0 saturated carbocycles. The van der Waals surface area contributed by atoms with E-state index in [0.29, 0.717) is 6.42 Å². The summed E-state index contributed by atoms with van der Waals surface area (Å²) in [6, 6.07) is 0. The van der Waals surface area contributed by atoms with E-state index in [0.717, 1.165) is 19.3 Å². The lowest BCUT2D eigenvalue weighted by atomic mass is 10.2. The van der Waals surface area contributed by atoms with Crippen LogP contribution in [0.3, 0.4) is 0 Å². The van der Waals surface area contributed by atoms with Crippen molar-refractivity contribution < 1.29 is 13.0 Å². The molecular formula is C7H14ClF2OP. The molecule has 0 aromatic heterocycles. The number of unbranched alkanes of at least 4 members (excludes halogenated alkanes) is 2. The van der Waals surface area contributed by atoms with Crippen LogP contribution in [0.1, 0.15) is 32.6 Å². The summed E-state index contributed by atoms with van der Waals surface area (Å²) in [6.45, 7) is 2.03. The van der Waals surface area contributed by atoms with Crippen LogP contribution in [-0.4, -0.2) is 11.5 Å². The highest BCUT2D eigenvalue weighted by Gasteiger charge is 2.23. The van der Waals surface area contributed by atoms with Gasteiger partial charge in [0.2, 0.25) is 0 Å². The van der Waals surface area contributed by atoms with Crippen molar-refractivity contribution >= 4 is 19.4 Å². The highest BCUT2D eigenvalue weighted by Crippen LogP contribution is 2.50. The van der Waals surface area contributed by atoms with Crippen LogP contribution in [0.4, 0.5) is 8.39 Å². The molecule has 0 spiro atoms. The standard InChI is InChI=1S/C7H14ClF2OP/c1-2-3-4-5-7(8)6-12(9,10)11/h7H,2-6H2,1H3. The van der Waals surface area contributed by atoms with Crippen LogP contribution in [0.25, 0.3) is 0 Å². The number of hydrogen-bond acceptors (Lipinski definition) is 1. The Bertz CT molecular complexity index is 159. The molecule has 74 valence electrons. The van der Waals surface area contributed by atoms with E-state index in [-0.39, 0.29) is 0 Å². The minimum Gasteiger partial charge on any atom is -0.250 e. The van der Waals surface area contributed by atoms with E-state index in [1.165, 1.54) is 0 Å². The molecule has 1 atom stereocenters. The Morgan fingerprint density at radius 1 is 1.42 bits per heavy atom. The SMILES string of the molecule is CCCCCC(Cl)CP(=O)(F)F. The first-order chi connectivity index (χ1) is 5.45. The molecule has 0 amide bonds. The molecule has 0 aliphatic carbocycles. The van der Waals surface area contributed by atoms with E-state index >= 15 is 0 Å². The first-order valence-corrected chi connectivity index (χ1v) is 6.19. The molecule has 1 nitrogen and oxygen atoms in total. The van der Waals surface area contributed by atoms with Crippen LogP contribution in [0.15, 0.2) is 0 Å². The second kappa shape index (κ2) is 5.93. The zero-order valence-corrected chi connectivity index (χ0v) is 8.75. The van der Waals surface area contributed by atoms with Gasteiger partial charge in [0, 0.05) is 5.38 Å². The van der Waals surface area contributed by atoms with Crippen LogP contribution >= 0.6 is 19.4 Å².